The third kappa shape index (κ3) is 5.38. The number of carbonyl (C=O) groups excluding carboxylic acids is 1. The first-order valence-electron chi connectivity index (χ1n) is 6.78. The summed E-state index contributed by atoms with van der Waals surface area (Å²) in [5, 5.41) is 11.4. The standard InChI is InChI=1S/C15H18F3NO3/c1-9(2)7-13(20)19-12(14(21)22)8-10-5-3-4-6-11(10)15(16,17)18/h3-6,9,12H,7-8H2,1-2H3,(H,19,20)(H,21,22)/t12-/m1/s1. The van der Waals surface area contributed by atoms with Crippen molar-refractivity contribution in [2.45, 2.75) is 38.9 Å². The lowest BCUT2D eigenvalue weighted by Gasteiger charge is -2.18. The molecule has 0 spiro atoms. The molecular formula is C15H18F3NO3. The molecule has 0 bridgehead atoms. The molecule has 4 nitrogen and oxygen atoms in total. The second kappa shape index (κ2) is 7.29. The predicted octanol–water partition coefficient (Wildman–Crippen LogP) is 2.86. The molecule has 2 N–H and O–H groups in total. The summed E-state index contributed by atoms with van der Waals surface area (Å²) in [5.74, 6) is -1.84. The largest absolute Gasteiger partial charge is 0.480 e. The summed E-state index contributed by atoms with van der Waals surface area (Å²) in [4.78, 5) is 22.8. The van der Waals surface area contributed by atoms with Crippen LogP contribution in [-0.4, -0.2) is 23.0 Å². The van der Waals surface area contributed by atoms with Gasteiger partial charge in [0.05, 0.1) is 5.56 Å². The van der Waals surface area contributed by atoms with Gasteiger partial charge >= 0.3 is 12.1 Å². The molecule has 22 heavy (non-hydrogen) atoms. The minimum absolute atomic E-state index is 0.0249. The molecule has 0 aliphatic heterocycles. The Labute approximate surface area is 126 Å². The van der Waals surface area contributed by atoms with Gasteiger partial charge in [-0.1, -0.05) is 32.0 Å². The lowest BCUT2D eigenvalue weighted by atomic mass is 9.99. The van der Waals surface area contributed by atoms with E-state index in [0.717, 1.165) is 6.07 Å². The normalized spacial score (nSPS) is 13.0. The zero-order valence-corrected chi connectivity index (χ0v) is 12.3. The first-order valence-corrected chi connectivity index (χ1v) is 6.78. The molecule has 0 heterocycles. The Hall–Kier alpha value is -2.05. The molecule has 1 rings (SSSR count). The molecule has 1 aromatic rings. The van der Waals surface area contributed by atoms with Crippen LogP contribution in [0.2, 0.25) is 0 Å². The van der Waals surface area contributed by atoms with E-state index in [1.807, 2.05) is 0 Å². The van der Waals surface area contributed by atoms with E-state index in [-0.39, 0.29) is 17.9 Å². The van der Waals surface area contributed by atoms with Crippen LogP contribution in [0.5, 0.6) is 0 Å². The third-order valence-corrected chi connectivity index (χ3v) is 2.97. The van der Waals surface area contributed by atoms with E-state index in [1.54, 1.807) is 13.8 Å². The lowest BCUT2D eigenvalue weighted by Crippen LogP contribution is -2.43. The number of nitrogens with one attached hydrogen (secondary N) is 1. The molecule has 1 aromatic carbocycles. The summed E-state index contributed by atoms with van der Waals surface area (Å²) in [6.07, 6.45) is -4.87. The molecule has 0 saturated heterocycles. The molecule has 0 aliphatic rings. The Bertz CT molecular complexity index is 541. The number of amides is 1. The van der Waals surface area contributed by atoms with Crippen molar-refractivity contribution in [3.8, 4) is 0 Å². The number of alkyl halides is 3. The van der Waals surface area contributed by atoms with Gasteiger partial charge in [0.15, 0.2) is 0 Å². The number of rotatable bonds is 6. The second-order valence-electron chi connectivity index (χ2n) is 5.42. The van der Waals surface area contributed by atoms with Crippen LogP contribution in [0.4, 0.5) is 13.2 Å². The summed E-state index contributed by atoms with van der Waals surface area (Å²) < 4.78 is 38.7. The van der Waals surface area contributed by atoms with Crippen LogP contribution >= 0.6 is 0 Å². The van der Waals surface area contributed by atoms with Crippen molar-refractivity contribution in [1.82, 2.24) is 5.32 Å². The van der Waals surface area contributed by atoms with Crippen molar-refractivity contribution in [1.29, 1.82) is 0 Å². The molecule has 1 atom stereocenters. The van der Waals surface area contributed by atoms with E-state index in [1.165, 1.54) is 18.2 Å². The van der Waals surface area contributed by atoms with E-state index in [4.69, 9.17) is 5.11 Å². The van der Waals surface area contributed by atoms with E-state index < -0.39 is 36.1 Å². The van der Waals surface area contributed by atoms with Crippen molar-refractivity contribution in [3.05, 3.63) is 35.4 Å². The third-order valence-electron chi connectivity index (χ3n) is 2.97. The van der Waals surface area contributed by atoms with Gasteiger partial charge in [-0.05, 0) is 17.5 Å². The van der Waals surface area contributed by atoms with Gasteiger partial charge in [0.25, 0.3) is 0 Å². The number of carbonyl (C=O) groups is 2. The fraction of sp³-hybridized carbons (Fsp3) is 0.467. The van der Waals surface area contributed by atoms with Gasteiger partial charge in [-0.3, -0.25) is 4.79 Å². The maximum Gasteiger partial charge on any atom is 0.416 e. The average Bonchev–Trinajstić information content (AvgIpc) is 2.36. The van der Waals surface area contributed by atoms with Crippen molar-refractivity contribution in [2.24, 2.45) is 5.92 Å². The summed E-state index contributed by atoms with van der Waals surface area (Å²) >= 11 is 0. The molecule has 0 saturated carbocycles. The van der Waals surface area contributed by atoms with Crippen LogP contribution in [0.1, 0.15) is 31.4 Å². The van der Waals surface area contributed by atoms with Crippen molar-refractivity contribution < 1.29 is 27.9 Å². The Balaban J connectivity index is 2.93. The first kappa shape index (κ1) is 18.0. The second-order valence-corrected chi connectivity index (χ2v) is 5.42. The van der Waals surface area contributed by atoms with Gasteiger partial charge in [-0.15, -0.1) is 0 Å². The molecule has 0 radical (unpaired) electrons. The molecule has 7 heteroatoms. The van der Waals surface area contributed by atoms with Gasteiger partial charge in [0, 0.05) is 12.8 Å². The number of hydrogen-bond donors (Lipinski definition) is 2. The van der Waals surface area contributed by atoms with Crippen LogP contribution in [0.15, 0.2) is 24.3 Å². The molecule has 0 aliphatic carbocycles. The Morgan fingerprint density at radius 2 is 1.82 bits per heavy atom. The van der Waals surface area contributed by atoms with Gasteiger partial charge in [-0.25, -0.2) is 4.79 Å². The van der Waals surface area contributed by atoms with E-state index in [0.29, 0.717) is 0 Å². The quantitative estimate of drug-likeness (QED) is 0.848. The summed E-state index contributed by atoms with van der Waals surface area (Å²) in [6.45, 7) is 3.57. The highest BCUT2D eigenvalue weighted by Crippen LogP contribution is 2.32. The van der Waals surface area contributed by atoms with Crippen LogP contribution in [0.3, 0.4) is 0 Å². The van der Waals surface area contributed by atoms with Gasteiger partial charge in [0.1, 0.15) is 6.04 Å². The number of carboxylic acids is 1. The van der Waals surface area contributed by atoms with Crippen LogP contribution < -0.4 is 5.32 Å². The zero-order valence-electron chi connectivity index (χ0n) is 12.3. The van der Waals surface area contributed by atoms with Gasteiger partial charge in [0.2, 0.25) is 5.91 Å². The summed E-state index contributed by atoms with van der Waals surface area (Å²) in [5.41, 5.74) is -1.05. The summed E-state index contributed by atoms with van der Waals surface area (Å²) in [7, 11) is 0. The molecule has 0 fully saturated rings. The van der Waals surface area contributed by atoms with Crippen LogP contribution in [-0.2, 0) is 22.2 Å². The molecule has 0 aromatic heterocycles. The van der Waals surface area contributed by atoms with Gasteiger partial charge in [-0.2, -0.15) is 13.2 Å². The zero-order chi connectivity index (χ0) is 16.9. The molecule has 1 amide bonds. The highest BCUT2D eigenvalue weighted by Gasteiger charge is 2.34. The van der Waals surface area contributed by atoms with E-state index in [2.05, 4.69) is 5.32 Å². The molecule has 122 valence electrons. The minimum Gasteiger partial charge on any atom is -0.480 e. The predicted molar refractivity (Wildman–Crippen MR) is 74.2 cm³/mol. The number of halogens is 3. The Morgan fingerprint density at radius 1 is 1.23 bits per heavy atom. The van der Waals surface area contributed by atoms with Crippen molar-refractivity contribution >= 4 is 11.9 Å². The number of benzene rings is 1. The molecule has 0 unspecified atom stereocenters. The van der Waals surface area contributed by atoms with Crippen molar-refractivity contribution in [3.63, 3.8) is 0 Å². The van der Waals surface area contributed by atoms with Gasteiger partial charge < -0.3 is 10.4 Å². The highest BCUT2D eigenvalue weighted by molar-refractivity contribution is 5.83. The SMILES string of the molecule is CC(C)CC(=O)N[C@H](Cc1ccccc1C(F)(F)F)C(=O)O. The van der Waals surface area contributed by atoms with Crippen molar-refractivity contribution in [2.75, 3.05) is 0 Å². The minimum atomic E-state index is -4.57. The molecular weight excluding hydrogens is 299 g/mol. The van der Waals surface area contributed by atoms with Crippen LogP contribution in [0.25, 0.3) is 0 Å². The fourth-order valence-electron chi connectivity index (χ4n) is 2.02. The Kier molecular flexibility index (Phi) is 5.96. The number of hydrogen-bond acceptors (Lipinski definition) is 2. The first-order chi connectivity index (χ1) is 10.1. The Morgan fingerprint density at radius 3 is 2.32 bits per heavy atom. The average molecular weight is 317 g/mol. The maximum atomic E-state index is 12.9. The lowest BCUT2D eigenvalue weighted by molar-refractivity contribution is -0.143. The van der Waals surface area contributed by atoms with E-state index in [9.17, 15) is 22.8 Å². The number of carboxylic acid groups (broad SMARTS) is 1. The summed E-state index contributed by atoms with van der Waals surface area (Å²) in [6, 6.07) is 3.35. The van der Waals surface area contributed by atoms with E-state index >= 15 is 0 Å². The fourth-order valence-corrected chi connectivity index (χ4v) is 2.02. The smallest absolute Gasteiger partial charge is 0.416 e. The monoisotopic (exact) mass is 317 g/mol. The highest BCUT2D eigenvalue weighted by atomic mass is 19.4. The van der Waals surface area contributed by atoms with Crippen LogP contribution in [0, 0.1) is 5.92 Å². The maximum absolute atomic E-state index is 12.9. The number of aliphatic carboxylic acids is 1. The topological polar surface area (TPSA) is 66.4 Å².